The number of pyridine rings is 1. The standard InChI is InChI=1S/C20H14FN3O2/c1-12-11-15(19(25)23-13-7-3-2-4-8-13)17-18(24-26-20(17)22-12)14-9-5-6-10-16(14)21/h2-11H,1H3,(H,23,25). The Labute approximate surface area is 148 Å². The number of halogens is 1. The number of carbonyl (C=O) groups excluding carboxylic acids is 1. The number of hydrogen-bond acceptors (Lipinski definition) is 4. The highest BCUT2D eigenvalue weighted by molar-refractivity contribution is 6.14. The molecule has 0 saturated carbocycles. The number of aromatic nitrogens is 2. The molecule has 0 fully saturated rings. The number of amides is 1. The van der Waals surface area contributed by atoms with Gasteiger partial charge in [-0.2, -0.15) is 0 Å². The van der Waals surface area contributed by atoms with Gasteiger partial charge in [-0.05, 0) is 37.3 Å². The average molecular weight is 347 g/mol. The van der Waals surface area contributed by atoms with Crippen molar-refractivity contribution in [2.75, 3.05) is 5.32 Å². The Kier molecular flexibility index (Phi) is 3.93. The van der Waals surface area contributed by atoms with E-state index in [0.29, 0.717) is 22.3 Å². The molecular weight excluding hydrogens is 333 g/mol. The third kappa shape index (κ3) is 2.82. The molecular formula is C20H14FN3O2. The van der Waals surface area contributed by atoms with Crippen LogP contribution in [-0.2, 0) is 0 Å². The normalized spacial score (nSPS) is 10.8. The maximum Gasteiger partial charge on any atom is 0.259 e. The van der Waals surface area contributed by atoms with Crippen LogP contribution in [0.5, 0.6) is 0 Å². The fourth-order valence-corrected chi connectivity index (χ4v) is 2.81. The van der Waals surface area contributed by atoms with Gasteiger partial charge in [-0.1, -0.05) is 35.5 Å². The number of anilines is 1. The Bertz CT molecular complexity index is 1110. The molecule has 1 N–H and O–H groups in total. The molecule has 0 aliphatic rings. The van der Waals surface area contributed by atoms with Gasteiger partial charge >= 0.3 is 0 Å². The summed E-state index contributed by atoms with van der Waals surface area (Å²) >= 11 is 0. The van der Waals surface area contributed by atoms with Crippen LogP contribution in [0.2, 0.25) is 0 Å². The Balaban J connectivity index is 1.87. The number of aryl methyl sites for hydroxylation is 1. The molecule has 2 aromatic carbocycles. The van der Waals surface area contributed by atoms with Crippen LogP contribution in [-0.4, -0.2) is 16.0 Å². The van der Waals surface area contributed by atoms with Gasteiger partial charge in [0, 0.05) is 16.9 Å². The van der Waals surface area contributed by atoms with Crippen molar-refractivity contribution in [2.24, 2.45) is 0 Å². The van der Waals surface area contributed by atoms with E-state index in [-0.39, 0.29) is 22.9 Å². The second kappa shape index (κ2) is 6.40. The monoisotopic (exact) mass is 347 g/mol. The lowest BCUT2D eigenvalue weighted by molar-refractivity contribution is 0.102. The molecule has 0 saturated heterocycles. The molecule has 6 heteroatoms. The molecule has 0 aliphatic carbocycles. The molecule has 0 bridgehead atoms. The summed E-state index contributed by atoms with van der Waals surface area (Å²) in [5, 5.41) is 7.17. The van der Waals surface area contributed by atoms with E-state index in [0.717, 1.165) is 0 Å². The van der Waals surface area contributed by atoms with Crippen LogP contribution in [0, 0.1) is 12.7 Å². The van der Waals surface area contributed by atoms with Crippen molar-refractivity contribution in [3.8, 4) is 11.3 Å². The average Bonchev–Trinajstić information content (AvgIpc) is 3.05. The second-order valence-electron chi connectivity index (χ2n) is 5.82. The van der Waals surface area contributed by atoms with Crippen LogP contribution in [0.3, 0.4) is 0 Å². The number of para-hydroxylation sites is 1. The Morgan fingerprint density at radius 2 is 1.81 bits per heavy atom. The van der Waals surface area contributed by atoms with E-state index in [2.05, 4.69) is 15.5 Å². The van der Waals surface area contributed by atoms with Crippen LogP contribution >= 0.6 is 0 Å². The molecule has 0 spiro atoms. The van der Waals surface area contributed by atoms with Crippen molar-refractivity contribution in [2.45, 2.75) is 6.92 Å². The van der Waals surface area contributed by atoms with Crippen LogP contribution in [0.1, 0.15) is 16.1 Å². The van der Waals surface area contributed by atoms with Gasteiger partial charge in [0.15, 0.2) is 0 Å². The van der Waals surface area contributed by atoms with Gasteiger partial charge < -0.3 is 9.84 Å². The minimum Gasteiger partial charge on any atom is -0.335 e. The lowest BCUT2D eigenvalue weighted by atomic mass is 10.0. The minimum absolute atomic E-state index is 0.196. The molecule has 0 radical (unpaired) electrons. The summed E-state index contributed by atoms with van der Waals surface area (Å²) < 4.78 is 19.5. The molecule has 5 nitrogen and oxygen atoms in total. The Morgan fingerprint density at radius 1 is 1.08 bits per heavy atom. The zero-order chi connectivity index (χ0) is 18.1. The molecule has 26 heavy (non-hydrogen) atoms. The zero-order valence-corrected chi connectivity index (χ0v) is 13.9. The van der Waals surface area contributed by atoms with Gasteiger partial charge in [0.25, 0.3) is 11.6 Å². The fraction of sp³-hybridized carbons (Fsp3) is 0.0500. The van der Waals surface area contributed by atoms with Gasteiger partial charge in [0.05, 0.1) is 10.9 Å². The van der Waals surface area contributed by atoms with E-state index < -0.39 is 5.82 Å². The molecule has 4 aromatic rings. The molecule has 1 amide bonds. The fourth-order valence-electron chi connectivity index (χ4n) is 2.81. The summed E-state index contributed by atoms with van der Waals surface area (Å²) in [7, 11) is 0. The van der Waals surface area contributed by atoms with E-state index in [1.54, 1.807) is 43.3 Å². The maximum absolute atomic E-state index is 14.2. The smallest absolute Gasteiger partial charge is 0.259 e. The van der Waals surface area contributed by atoms with Crippen LogP contribution in [0.15, 0.2) is 65.2 Å². The molecule has 4 rings (SSSR count). The van der Waals surface area contributed by atoms with Gasteiger partial charge in [0.2, 0.25) is 0 Å². The lowest BCUT2D eigenvalue weighted by Gasteiger charge is -2.07. The van der Waals surface area contributed by atoms with E-state index in [1.807, 2.05) is 18.2 Å². The minimum atomic E-state index is -0.447. The van der Waals surface area contributed by atoms with E-state index in [4.69, 9.17) is 4.52 Å². The summed E-state index contributed by atoms with van der Waals surface area (Å²) in [6, 6.07) is 16.9. The third-order valence-corrected chi connectivity index (χ3v) is 3.98. The highest BCUT2D eigenvalue weighted by Gasteiger charge is 2.22. The summed E-state index contributed by atoms with van der Waals surface area (Å²) in [6.07, 6.45) is 0. The number of hydrogen-bond donors (Lipinski definition) is 1. The summed E-state index contributed by atoms with van der Waals surface area (Å²) in [6.45, 7) is 1.75. The van der Waals surface area contributed by atoms with Gasteiger partial charge in [-0.25, -0.2) is 9.37 Å². The van der Waals surface area contributed by atoms with Gasteiger partial charge in [-0.15, -0.1) is 0 Å². The van der Waals surface area contributed by atoms with E-state index in [9.17, 15) is 9.18 Å². The quantitative estimate of drug-likeness (QED) is 0.588. The Morgan fingerprint density at radius 3 is 2.58 bits per heavy atom. The van der Waals surface area contributed by atoms with Crippen molar-refractivity contribution in [3.63, 3.8) is 0 Å². The van der Waals surface area contributed by atoms with Gasteiger partial charge in [0.1, 0.15) is 11.5 Å². The Hall–Kier alpha value is -3.54. The third-order valence-electron chi connectivity index (χ3n) is 3.98. The molecule has 128 valence electrons. The molecule has 2 heterocycles. The SMILES string of the molecule is Cc1cc(C(=O)Nc2ccccc2)c2c(-c3ccccc3F)noc2n1. The molecule has 2 aromatic heterocycles. The summed E-state index contributed by atoms with van der Waals surface area (Å²) in [5.41, 5.74) is 2.29. The summed E-state index contributed by atoms with van der Waals surface area (Å²) in [5.74, 6) is -0.787. The predicted octanol–water partition coefficient (Wildman–Crippen LogP) is 4.59. The second-order valence-corrected chi connectivity index (χ2v) is 5.82. The van der Waals surface area contributed by atoms with Gasteiger partial charge in [-0.3, -0.25) is 4.79 Å². The first-order valence-corrected chi connectivity index (χ1v) is 8.02. The summed E-state index contributed by atoms with van der Waals surface area (Å²) in [4.78, 5) is 17.1. The number of carbonyl (C=O) groups is 1. The van der Waals surface area contributed by atoms with Crippen molar-refractivity contribution < 1.29 is 13.7 Å². The first-order valence-electron chi connectivity index (χ1n) is 8.02. The largest absolute Gasteiger partial charge is 0.335 e. The van der Waals surface area contributed by atoms with Crippen LogP contribution in [0.4, 0.5) is 10.1 Å². The number of benzene rings is 2. The number of nitrogens with zero attached hydrogens (tertiary/aromatic N) is 2. The number of fused-ring (bicyclic) bond motifs is 1. The topological polar surface area (TPSA) is 68.0 Å². The first-order chi connectivity index (χ1) is 12.6. The van der Waals surface area contributed by atoms with Crippen molar-refractivity contribution >= 4 is 22.7 Å². The maximum atomic E-state index is 14.2. The predicted molar refractivity (Wildman–Crippen MR) is 96.3 cm³/mol. The van der Waals surface area contributed by atoms with Crippen molar-refractivity contribution in [3.05, 3.63) is 77.7 Å². The first kappa shape index (κ1) is 16.0. The van der Waals surface area contributed by atoms with E-state index in [1.165, 1.54) is 6.07 Å². The molecule has 0 aliphatic heterocycles. The van der Waals surface area contributed by atoms with E-state index >= 15 is 0 Å². The number of nitrogens with one attached hydrogen (secondary N) is 1. The zero-order valence-electron chi connectivity index (χ0n) is 13.9. The lowest BCUT2D eigenvalue weighted by Crippen LogP contribution is -2.13. The molecule has 0 atom stereocenters. The van der Waals surface area contributed by atoms with Crippen LogP contribution < -0.4 is 5.32 Å². The number of rotatable bonds is 3. The van der Waals surface area contributed by atoms with Crippen LogP contribution in [0.25, 0.3) is 22.4 Å². The molecule has 0 unspecified atom stereocenters. The van der Waals surface area contributed by atoms with Crippen molar-refractivity contribution in [1.82, 2.24) is 10.1 Å². The highest BCUT2D eigenvalue weighted by Crippen LogP contribution is 2.32. The van der Waals surface area contributed by atoms with Crippen molar-refractivity contribution in [1.29, 1.82) is 0 Å². The highest BCUT2D eigenvalue weighted by atomic mass is 19.1.